The Kier molecular flexibility index (Phi) is 4.38. The smallest absolute Gasteiger partial charge is 0.324 e. The first kappa shape index (κ1) is 18.0. The number of carbonyl (C=O) groups is 1. The third-order valence-corrected chi connectivity index (χ3v) is 6.28. The van der Waals surface area contributed by atoms with Crippen molar-refractivity contribution in [1.29, 1.82) is 0 Å². The number of hydrogen-bond donors (Lipinski definition) is 4. The molecule has 4 N–H and O–H groups in total. The molecule has 0 aromatic carbocycles. The number of carbonyl (C=O) groups excluding carboxylic acids is 1. The highest BCUT2D eigenvalue weighted by atomic mass is 16.2. The van der Waals surface area contributed by atoms with Crippen LogP contribution in [-0.2, 0) is 0 Å². The van der Waals surface area contributed by atoms with Gasteiger partial charge in [0.2, 0.25) is 5.96 Å². The van der Waals surface area contributed by atoms with Crippen LogP contribution in [0.1, 0.15) is 19.8 Å². The Balaban J connectivity index is 1.20. The minimum atomic E-state index is -0.0971. The van der Waals surface area contributed by atoms with Crippen LogP contribution in [0.4, 0.5) is 10.6 Å². The third kappa shape index (κ3) is 3.20. The molecule has 3 atom stereocenters. The largest absolute Gasteiger partial charge is 0.356 e. The number of fused-ring (bicyclic) bond motifs is 2. The number of amides is 2. The average molecular weight is 398 g/mol. The van der Waals surface area contributed by atoms with E-state index in [1.807, 2.05) is 24.1 Å². The molecule has 3 aliphatic rings. The molecule has 2 aliphatic heterocycles. The van der Waals surface area contributed by atoms with Crippen LogP contribution in [0.25, 0.3) is 11.0 Å². The molecule has 4 heterocycles. The molecule has 29 heavy (non-hydrogen) atoms. The summed E-state index contributed by atoms with van der Waals surface area (Å²) in [4.78, 5) is 28.7. The third-order valence-electron chi connectivity index (χ3n) is 6.28. The number of nitrogens with one attached hydrogen (secondary N) is 4. The number of urea groups is 1. The lowest BCUT2D eigenvalue weighted by atomic mass is 10.0. The lowest BCUT2D eigenvalue weighted by Crippen LogP contribution is -2.48. The molecule has 0 radical (unpaired) electrons. The lowest BCUT2D eigenvalue weighted by molar-refractivity contribution is 0.209. The van der Waals surface area contributed by atoms with E-state index in [1.54, 1.807) is 11.4 Å². The van der Waals surface area contributed by atoms with Crippen molar-refractivity contribution < 1.29 is 4.79 Å². The van der Waals surface area contributed by atoms with E-state index in [0.29, 0.717) is 30.4 Å². The molecule has 1 saturated carbocycles. The van der Waals surface area contributed by atoms with Crippen molar-refractivity contribution in [3.8, 4) is 0 Å². The van der Waals surface area contributed by atoms with E-state index in [1.165, 1.54) is 0 Å². The highest BCUT2D eigenvalue weighted by Gasteiger charge is 2.44. The van der Waals surface area contributed by atoms with E-state index in [0.717, 1.165) is 42.8 Å². The lowest BCUT2D eigenvalue weighted by Gasteiger charge is -2.28. The molecule has 0 bridgehead atoms. The average Bonchev–Trinajstić information content (AvgIpc) is 3.48. The Morgan fingerprint density at radius 2 is 2.10 bits per heavy atom. The van der Waals surface area contributed by atoms with Crippen molar-refractivity contribution in [2.24, 2.45) is 16.9 Å². The van der Waals surface area contributed by atoms with Crippen LogP contribution < -0.4 is 21.2 Å². The number of H-pyrrole nitrogens is 1. The number of likely N-dealkylation sites (tertiary alicyclic amines) is 1. The SMILES string of the molecule is CCN1N=C(NC(=O)N2C[C@H]3C[C@H](N(C)c4ncnc5[nH]ccc45)C[C@H]3C2)NN1. The predicted molar refractivity (Wildman–Crippen MR) is 108 cm³/mol. The van der Waals surface area contributed by atoms with Crippen LogP contribution in [0.2, 0.25) is 0 Å². The summed E-state index contributed by atoms with van der Waals surface area (Å²) < 4.78 is 0. The Hall–Kier alpha value is -3.08. The number of hydrazine groups is 2. The highest BCUT2D eigenvalue weighted by molar-refractivity contribution is 5.96. The van der Waals surface area contributed by atoms with Gasteiger partial charge in [0.05, 0.1) is 11.9 Å². The summed E-state index contributed by atoms with van der Waals surface area (Å²) in [6, 6.07) is 2.35. The monoisotopic (exact) mass is 398 g/mol. The fraction of sp³-hybridized carbons (Fsp3) is 0.556. The maximum atomic E-state index is 12.6. The molecule has 2 aromatic rings. The zero-order valence-electron chi connectivity index (χ0n) is 16.6. The van der Waals surface area contributed by atoms with E-state index < -0.39 is 0 Å². The highest BCUT2D eigenvalue weighted by Crippen LogP contribution is 2.41. The van der Waals surface area contributed by atoms with Gasteiger partial charge < -0.3 is 14.8 Å². The van der Waals surface area contributed by atoms with Crippen LogP contribution in [0, 0.1) is 11.8 Å². The zero-order chi connectivity index (χ0) is 20.0. The van der Waals surface area contributed by atoms with Crippen molar-refractivity contribution in [2.45, 2.75) is 25.8 Å². The van der Waals surface area contributed by atoms with Gasteiger partial charge in [-0.05, 0) is 37.7 Å². The van der Waals surface area contributed by atoms with Crippen LogP contribution in [0.5, 0.6) is 0 Å². The van der Waals surface area contributed by atoms with Crippen molar-refractivity contribution in [3.63, 3.8) is 0 Å². The summed E-state index contributed by atoms with van der Waals surface area (Å²) in [7, 11) is 2.11. The van der Waals surface area contributed by atoms with Crippen molar-refractivity contribution >= 4 is 28.8 Å². The number of hydrogen-bond acceptors (Lipinski definition) is 8. The summed E-state index contributed by atoms with van der Waals surface area (Å²) in [5.41, 5.74) is 6.59. The van der Waals surface area contributed by atoms with Gasteiger partial charge in [-0.25, -0.2) is 19.9 Å². The molecule has 0 spiro atoms. The number of aromatic amines is 1. The first-order valence-electron chi connectivity index (χ1n) is 10.1. The van der Waals surface area contributed by atoms with E-state index in [-0.39, 0.29) is 6.03 Å². The number of rotatable bonds is 3. The maximum Gasteiger partial charge on any atom is 0.324 e. The van der Waals surface area contributed by atoms with Crippen molar-refractivity contribution in [3.05, 3.63) is 18.6 Å². The molecular formula is C18H26N10O. The van der Waals surface area contributed by atoms with Gasteiger partial charge in [0.25, 0.3) is 0 Å². The Morgan fingerprint density at radius 3 is 2.83 bits per heavy atom. The molecule has 11 heteroatoms. The molecule has 0 unspecified atom stereocenters. The Labute approximate surface area is 168 Å². The van der Waals surface area contributed by atoms with Gasteiger partial charge in [0, 0.05) is 32.4 Å². The van der Waals surface area contributed by atoms with E-state index >= 15 is 0 Å². The van der Waals surface area contributed by atoms with E-state index in [4.69, 9.17) is 0 Å². The number of hydrazone groups is 1. The molecule has 2 aromatic heterocycles. The minimum Gasteiger partial charge on any atom is -0.356 e. The molecular weight excluding hydrogens is 372 g/mol. The topological polar surface area (TPSA) is 117 Å². The van der Waals surface area contributed by atoms with Gasteiger partial charge in [0.15, 0.2) is 0 Å². The van der Waals surface area contributed by atoms with Gasteiger partial charge in [-0.3, -0.25) is 10.7 Å². The van der Waals surface area contributed by atoms with Crippen LogP contribution >= 0.6 is 0 Å². The number of nitrogens with zero attached hydrogens (tertiary/aromatic N) is 6. The second-order valence-electron chi connectivity index (χ2n) is 7.93. The second-order valence-corrected chi connectivity index (χ2v) is 7.93. The molecule has 1 saturated heterocycles. The maximum absolute atomic E-state index is 12.6. The second kappa shape index (κ2) is 7.07. The summed E-state index contributed by atoms with van der Waals surface area (Å²) in [6.07, 6.45) is 5.63. The zero-order valence-corrected chi connectivity index (χ0v) is 16.6. The van der Waals surface area contributed by atoms with Gasteiger partial charge in [0.1, 0.15) is 17.8 Å². The van der Waals surface area contributed by atoms with Gasteiger partial charge >= 0.3 is 6.03 Å². The van der Waals surface area contributed by atoms with Gasteiger partial charge in [-0.15, -0.1) is 10.6 Å². The summed E-state index contributed by atoms with van der Waals surface area (Å²) in [5.74, 6) is 2.43. The van der Waals surface area contributed by atoms with Gasteiger partial charge in [-0.2, -0.15) is 0 Å². The van der Waals surface area contributed by atoms with Crippen LogP contribution in [0.15, 0.2) is 23.7 Å². The molecule has 2 fully saturated rings. The minimum absolute atomic E-state index is 0.0971. The molecule has 2 amide bonds. The first-order chi connectivity index (χ1) is 14.1. The van der Waals surface area contributed by atoms with Crippen molar-refractivity contribution in [2.75, 3.05) is 31.6 Å². The van der Waals surface area contributed by atoms with Crippen molar-refractivity contribution in [1.82, 2.24) is 41.2 Å². The number of anilines is 1. The molecule has 11 nitrogen and oxygen atoms in total. The summed E-state index contributed by atoms with van der Waals surface area (Å²) in [5, 5.41) is 9.75. The fourth-order valence-corrected chi connectivity index (χ4v) is 4.74. The van der Waals surface area contributed by atoms with Crippen LogP contribution in [-0.4, -0.2) is 69.7 Å². The van der Waals surface area contributed by atoms with E-state index in [9.17, 15) is 4.79 Å². The normalized spacial score (nSPS) is 25.9. The summed E-state index contributed by atoms with van der Waals surface area (Å²) >= 11 is 0. The fourth-order valence-electron chi connectivity index (χ4n) is 4.74. The predicted octanol–water partition coefficient (Wildman–Crippen LogP) is 0.430. The Bertz CT molecular complexity index is 928. The molecule has 154 valence electrons. The van der Waals surface area contributed by atoms with Crippen LogP contribution in [0.3, 0.4) is 0 Å². The number of guanidine groups is 1. The quantitative estimate of drug-likeness (QED) is 0.592. The van der Waals surface area contributed by atoms with Gasteiger partial charge in [-0.1, -0.05) is 0 Å². The molecule has 1 aliphatic carbocycles. The first-order valence-corrected chi connectivity index (χ1v) is 10.1. The van der Waals surface area contributed by atoms with E-state index in [2.05, 4.69) is 48.3 Å². The standard InChI is InChI=1S/C18H26N10O/c1-3-28-24-17(23-25-28)22-18(29)27-8-11-6-13(7-12(11)9-27)26(2)16-14-4-5-19-15(14)20-10-21-16/h4-5,10-13,25H,3,6-9H2,1-2H3,(H,19,20,21)(H2,22,23,24,29)/t11-,12+,13+. The Morgan fingerprint density at radius 1 is 1.31 bits per heavy atom. The molecule has 5 rings (SSSR count). The summed E-state index contributed by atoms with van der Waals surface area (Å²) in [6.45, 7) is 4.24. The number of aromatic nitrogens is 3.